The second-order valence-electron chi connectivity index (χ2n) is 11.7. The van der Waals surface area contributed by atoms with Crippen molar-refractivity contribution in [3.05, 3.63) is 100 Å². The molecule has 1 fully saturated rings. The number of pyridine rings is 1. The van der Waals surface area contributed by atoms with Gasteiger partial charge in [-0.3, -0.25) is 4.98 Å². The van der Waals surface area contributed by atoms with Crippen LogP contribution in [-0.2, 0) is 11.2 Å². The van der Waals surface area contributed by atoms with Gasteiger partial charge in [-0.2, -0.15) is 5.26 Å². The first-order chi connectivity index (χ1) is 18.8. The van der Waals surface area contributed by atoms with Gasteiger partial charge in [-0.05, 0) is 124 Å². The van der Waals surface area contributed by atoms with Crippen LogP contribution in [0.3, 0.4) is 0 Å². The number of benzene rings is 1. The van der Waals surface area contributed by atoms with Crippen molar-refractivity contribution in [2.24, 2.45) is 11.8 Å². The number of nitrogens with zero attached hydrogens (tertiary/aromatic N) is 2. The molecule has 3 nitrogen and oxygen atoms in total. The van der Waals surface area contributed by atoms with Gasteiger partial charge >= 0.3 is 0 Å². The minimum absolute atomic E-state index is 0.424. The number of allylic oxidation sites excluding steroid dienone is 5. The molecule has 1 aromatic heterocycles. The first kappa shape index (κ1) is 27.1. The Balaban J connectivity index is 1.44. The highest BCUT2D eigenvalue weighted by atomic mass is 19.1. The zero-order valence-electron chi connectivity index (χ0n) is 23.5. The number of nitriles is 1. The lowest BCUT2D eigenvalue weighted by Gasteiger charge is -2.32. The predicted octanol–water partition coefficient (Wildman–Crippen LogP) is 8.91. The maximum atomic E-state index is 14.6. The van der Waals surface area contributed by atoms with Crippen molar-refractivity contribution < 1.29 is 9.13 Å². The molecule has 0 N–H and O–H groups in total. The highest BCUT2D eigenvalue weighted by Gasteiger charge is 2.32. The summed E-state index contributed by atoms with van der Waals surface area (Å²) in [6, 6.07) is 12.4. The lowest BCUT2D eigenvalue weighted by atomic mass is 9.77. The van der Waals surface area contributed by atoms with Crippen LogP contribution in [0.1, 0.15) is 93.7 Å². The van der Waals surface area contributed by atoms with E-state index in [0.29, 0.717) is 36.8 Å². The smallest absolute Gasteiger partial charge is 0.128 e. The van der Waals surface area contributed by atoms with Crippen LogP contribution in [0, 0.1) is 23.2 Å². The summed E-state index contributed by atoms with van der Waals surface area (Å²) in [4.78, 5) is 5.06. The molecule has 1 aliphatic heterocycles. The molecule has 4 heteroatoms. The molecule has 1 atom stereocenters. The molecule has 39 heavy (non-hydrogen) atoms. The standard InChI is InChI=1S/C35H39FN2O/c1-5-35(36)16-14-26(15-17-35)6-7-27-8-13-30-19-31(33-24(3)23(2)22-39-25(33)4)21-38-34(30)32(18-27)29-11-9-28(20-37)10-12-29/h5,9-12,18-19,21,26-27H,1,6-8,13-17,22H2,2-4H3. The Morgan fingerprint density at radius 3 is 2.54 bits per heavy atom. The molecule has 0 bridgehead atoms. The normalized spacial score (nSPS) is 25.3. The van der Waals surface area contributed by atoms with Crippen molar-refractivity contribution >= 4 is 11.1 Å². The van der Waals surface area contributed by atoms with Crippen LogP contribution in [0.15, 0.2) is 72.2 Å². The second kappa shape index (κ2) is 11.3. The topological polar surface area (TPSA) is 45.9 Å². The molecular formula is C35H39FN2O. The average Bonchev–Trinajstić information content (AvgIpc) is 3.14. The number of alkyl halides is 1. The minimum Gasteiger partial charge on any atom is -0.493 e. The number of hydrogen-bond acceptors (Lipinski definition) is 3. The van der Waals surface area contributed by atoms with E-state index < -0.39 is 5.67 Å². The number of hydrogen-bond donors (Lipinski definition) is 0. The Bertz CT molecular complexity index is 1380. The third-order valence-electron chi connectivity index (χ3n) is 9.14. The van der Waals surface area contributed by atoms with E-state index in [9.17, 15) is 9.65 Å². The predicted molar refractivity (Wildman–Crippen MR) is 156 cm³/mol. The summed E-state index contributed by atoms with van der Waals surface area (Å²) in [5, 5.41) is 9.32. The number of rotatable bonds is 6. The number of halogens is 1. The zero-order valence-corrected chi connectivity index (χ0v) is 23.5. The molecule has 0 saturated heterocycles. The van der Waals surface area contributed by atoms with Gasteiger partial charge in [0.1, 0.15) is 18.0 Å². The van der Waals surface area contributed by atoms with Gasteiger partial charge in [0.15, 0.2) is 0 Å². The molecule has 3 aliphatic rings. The van der Waals surface area contributed by atoms with E-state index in [1.807, 2.05) is 37.4 Å². The Morgan fingerprint density at radius 1 is 1.10 bits per heavy atom. The maximum absolute atomic E-state index is 14.6. The van der Waals surface area contributed by atoms with E-state index in [1.165, 1.54) is 22.8 Å². The molecule has 2 aliphatic carbocycles. The van der Waals surface area contributed by atoms with E-state index in [-0.39, 0.29) is 0 Å². The average molecular weight is 523 g/mol. The van der Waals surface area contributed by atoms with Gasteiger partial charge in [0, 0.05) is 22.9 Å². The molecule has 1 unspecified atom stereocenters. The van der Waals surface area contributed by atoms with Crippen LogP contribution in [-0.4, -0.2) is 17.3 Å². The quantitative estimate of drug-likeness (QED) is 0.356. The highest BCUT2D eigenvalue weighted by molar-refractivity contribution is 5.84. The first-order valence-electron chi connectivity index (χ1n) is 14.3. The molecule has 1 saturated carbocycles. The van der Waals surface area contributed by atoms with Crippen LogP contribution in [0.5, 0.6) is 0 Å². The molecule has 0 amide bonds. The second-order valence-corrected chi connectivity index (χ2v) is 11.7. The van der Waals surface area contributed by atoms with Crippen LogP contribution in [0.2, 0.25) is 0 Å². The van der Waals surface area contributed by atoms with Crippen molar-refractivity contribution in [2.75, 3.05) is 6.61 Å². The van der Waals surface area contributed by atoms with Crippen molar-refractivity contribution in [1.82, 2.24) is 4.98 Å². The zero-order chi connectivity index (χ0) is 27.6. The minimum atomic E-state index is -1.17. The number of ether oxygens (including phenoxy) is 1. The number of aryl methyl sites for hydroxylation is 1. The summed E-state index contributed by atoms with van der Waals surface area (Å²) in [6.07, 6.45) is 13.2. The fraction of sp³-hybridized carbons (Fsp3) is 0.429. The summed E-state index contributed by atoms with van der Waals surface area (Å²) in [5.41, 5.74) is 8.81. The molecule has 0 radical (unpaired) electrons. The molecule has 2 aromatic rings. The molecule has 1 aromatic carbocycles. The monoisotopic (exact) mass is 522 g/mol. The fourth-order valence-corrected chi connectivity index (χ4v) is 6.40. The van der Waals surface area contributed by atoms with Gasteiger partial charge in [0.05, 0.1) is 17.3 Å². The van der Waals surface area contributed by atoms with Crippen LogP contribution >= 0.6 is 0 Å². The summed E-state index contributed by atoms with van der Waals surface area (Å²) in [6.45, 7) is 10.7. The third kappa shape index (κ3) is 5.78. The lowest BCUT2D eigenvalue weighted by Crippen LogP contribution is -2.27. The number of fused-ring (bicyclic) bond motifs is 1. The van der Waals surface area contributed by atoms with Crippen molar-refractivity contribution in [1.29, 1.82) is 5.26 Å². The number of aromatic nitrogens is 1. The van der Waals surface area contributed by atoms with Crippen LogP contribution in [0.4, 0.5) is 4.39 Å². The van der Waals surface area contributed by atoms with Crippen molar-refractivity contribution in [3.63, 3.8) is 0 Å². The van der Waals surface area contributed by atoms with E-state index in [4.69, 9.17) is 9.72 Å². The van der Waals surface area contributed by atoms with Crippen molar-refractivity contribution in [3.8, 4) is 6.07 Å². The Labute approximate surface area is 232 Å². The van der Waals surface area contributed by atoms with E-state index >= 15 is 0 Å². The SMILES string of the molecule is C=CC1(F)CCC(CCC2C=C(c3ccc(C#N)cc3)c3ncc(C4=C(C)OCC(C)=C4C)cc3CC2)CC1. The summed E-state index contributed by atoms with van der Waals surface area (Å²) in [5.74, 6) is 1.96. The van der Waals surface area contributed by atoms with E-state index in [2.05, 4.69) is 38.6 Å². The summed E-state index contributed by atoms with van der Waals surface area (Å²) < 4.78 is 20.6. The Kier molecular flexibility index (Phi) is 7.89. The van der Waals surface area contributed by atoms with Gasteiger partial charge < -0.3 is 4.74 Å². The van der Waals surface area contributed by atoms with Gasteiger partial charge in [0.25, 0.3) is 0 Å². The Hall–Kier alpha value is -3.45. The molecule has 5 rings (SSSR count). The highest BCUT2D eigenvalue weighted by Crippen LogP contribution is 2.41. The van der Waals surface area contributed by atoms with E-state index in [0.717, 1.165) is 72.3 Å². The summed E-state index contributed by atoms with van der Waals surface area (Å²) in [7, 11) is 0. The van der Waals surface area contributed by atoms with Crippen molar-refractivity contribution in [2.45, 2.75) is 77.8 Å². The molecule has 202 valence electrons. The largest absolute Gasteiger partial charge is 0.493 e. The van der Waals surface area contributed by atoms with E-state index in [1.54, 1.807) is 0 Å². The maximum Gasteiger partial charge on any atom is 0.128 e. The van der Waals surface area contributed by atoms with Gasteiger partial charge in [0.2, 0.25) is 0 Å². The Morgan fingerprint density at radius 2 is 1.85 bits per heavy atom. The van der Waals surface area contributed by atoms with Gasteiger partial charge in [-0.25, -0.2) is 4.39 Å². The van der Waals surface area contributed by atoms with Gasteiger partial charge in [-0.15, -0.1) is 0 Å². The third-order valence-corrected chi connectivity index (χ3v) is 9.14. The molecule has 2 heterocycles. The molecular weight excluding hydrogens is 483 g/mol. The van der Waals surface area contributed by atoms with Gasteiger partial charge in [-0.1, -0.05) is 30.9 Å². The fourth-order valence-electron chi connectivity index (χ4n) is 6.40. The molecule has 0 spiro atoms. The lowest BCUT2D eigenvalue weighted by molar-refractivity contribution is 0.127. The van der Waals surface area contributed by atoms with Crippen LogP contribution in [0.25, 0.3) is 11.1 Å². The summed E-state index contributed by atoms with van der Waals surface area (Å²) >= 11 is 0. The van der Waals surface area contributed by atoms with Crippen LogP contribution < -0.4 is 0 Å². The first-order valence-corrected chi connectivity index (χ1v) is 14.3.